The van der Waals surface area contributed by atoms with E-state index in [9.17, 15) is 0 Å². The molecule has 0 saturated carbocycles. The molecule has 30 heavy (non-hydrogen) atoms. The van der Waals surface area contributed by atoms with Gasteiger partial charge in [-0.3, -0.25) is 9.71 Å². The zero-order valence-corrected chi connectivity index (χ0v) is 18.7. The smallest absolute Gasteiger partial charge is 0.0492 e. The molecule has 4 rings (SSSR count). The Labute approximate surface area is 187 Å². The first-order chi connectivity index (χ1) is 14.6. The van der Waals surface area contributed by atoms with E-state index >= 15 is 0 Å². The van der Waals surface area contributed by atoms with E-state index in [1.165, 1.54) is 33.2 Å². The third-order valence-corrected chi connectivity index (χ3v) is 5.90. The van der Waals surface area contributed by atoms with E-state index in [1.54, 1.807) is 12.1 Å². The summed E-state index contributed by atoms with van der Waals surface area (Å²) in [6.45, 7) is 1.70. The molecule has 154 valence electrons. The highest BCUT2D eigenvalue weighted by atomic mass is 35.5. The number of nitrogens with zero attached hydrogens (tertiary/aromatic N) is 3. The van der Waals surface area contributed by atoms with Gasteiger partial charge in [-0.05, 0) is 73.1 Å². The lowest BCUT2D eigenvalue weighted by Gasteiger charge is -2.08. The molecular formula is C24H25ClN4S. The van der Waals surface area contributed by atoms with Crippen molar-refractivity contribution in [2.24, 2.45) is 0 Å². The van der Waals surface area contributed by atoms with Gasteiger partial charge in [0, 0.05) is 59.7 Å². The zero-order valence-electron chi connectivity index (χ0n) is 17.2. The highest BCUT2D eigenvalue weighted by Crippen LogP contribution is 2.29. The summed E-state index contributed by atoms with van der Waals surface area (Å²) < 4.78 is 7.80. The fraction of sp³-hybridized carbons (Fsp3) is 0.208. The van der Waals surface area contributed by atoms with Gasteiger partial charge in [0.05, 0.1) is 0 Å². The van der Waals surface area contributed by atoms with Gasteiger partial charge in [-0.2, -0.15) is 0 Å². The normalized spacial score (nSPS) is 11.5. The summed E-state index contributed by atoms with van der Waals surface area (Å²) in [5.41, 5.74) is 6.15. The van der Waals surface area contributed by atoms with Gasteiger partial charge < -0.3 is 4.57 Å². The molecule has 0 saturated heterocycles. The van der Waals surface area contributed by atoms with Crippen molar-refractivity contribution in [3.05, 3.63) is 89.3 Å². The van der Waals surface area contributed by atoms with E-state index < -0.39 is 0 Å². The molecule has 4 nitrogen and oxygen atoms in total. The lowest BCUT2D eigenvalue weighted by molar-refractivity contribution is 0.690. The van der Waals surface area contributed by atoms with Gasteiger partial charge in [-0.1, -0.05) is 35.9 Å². The van der Waals surface area contributed by atoms with E-state index in [0.717, 1.165) is 24.5 Å². The first-order valence-corrected chi connectivity index (χ1v) is 11.1. The number of halogens is 1. The second-order valence-corrected chi connectivity index (χ2v) is 9.07. The van der Waals surface area contributed by atoms with Gasteiger partial charge >= 0.3 is 0 Å². The van der Waals surface area contributed by atoms with Crippen LogP contribution < -0.4 is 4.72 Å². The molecule has 2 aromatic heterocycles. The number of hydrogen-bond donors (Lipinski definition) is 1. The van der Waals surface area contributed by atoms with E-state index in [-0.39, 0.29) is 0 Å². The average Bonchev–Trinajstić information content (AvgIpc) is 3.08. The number of pyridine rings is 1. The number of aromatic nitrogens is 2. The fourth-order valence-corrected chi connectivity index (χ4v) is 4.28. The Bertz CT molecular complexity index is 1120. The SMILES string of the molecule is CN(C)SNCCc1cn(Cc2cccc(Cl)c2)c2cc(-c3ccncc3)ccc12. The largest absolute Gasteiger partial charge is 0.343 e. The lowest BCUT2D eigenvalue weighted by Crippen LogP contribution is -2.15. The van der Waals surface area contributed by atoms with Crippen LogP contribution in [-0.4, -0.2) is 34.5 Å². The highest BCUT2D eigenvalue weighted by Gasteiger charge is 2.11. The Morgan fingerprint density at radius 1 is 1.03 bits per heavy atom. The minimum atomic E-state index is 0.770. The number of hydrogen-bond acceptors (Lipinski definition) is 4. The maximum atomic E-state index is 6.22. The van der Waals surface area contributed by atoms with Crippen molar-refractivity contribution in [2.75, 3.05) is 20.6 Å². The lowest BCUT2D eigenvalue weighted by atomic mass is 10.0. The molecule has 6 heteroatoms. The number of nitrogens with one attached hydrogen (secondary N) is 1. The maximum Gasteiger partial charge on any atom is 0.0492 e. The van der Waals surface area contributed by atoms with Crippen molar-refractivity contribution < 1.29 is 0 Å². The maximum absolute atomic E-state index is 6.22. The summed E-state index contributed by atoms with van der Waals surface area (Å²) >= 11 is 7.84. The minimum Gasteiger partial charge on any atom is -0.343 e. The van der Waals surface area contributed by atoms with Crippen molar-refractivity contribution in [2.45, 2.75) is 13.0 Å². The average molecular weight is 437 g/mol. The third-order valence-electron chi connectivity index (χ3n) is 4.96. The Hall–Kier alpha value is -2.31. The number of fused-ring (bicyclic) bond motifs is 1. The minimum absolute atomic E-state index is 0.770. The molecule has 0 aliphatic rings. The van der Waals surface area contributed by atoms with Gasteiger partial charge in [0.1, 0.15) is 0 Å². The van der Waals surface area contributed by atoms with Gasteiger partial charge in [0.2, 0.25) is 0 Å². The highest BCUT2D eigenvalue weighted by molar-refractivity contribution is 7.95. The molecule has 0 amide bonds. The van der Waals surface area contributed by atoms with E-state index in [1.807, 2.05) is 44.7 Å². The Morgan fingerprint density at radius 3 is 2.63 bits per heavy atom. The summed E-state index contributed by atoms with van der Waals surface area (Å²) in [5.74, 6) is 0. The van der Waals surface area contributed by atoms with Crippen LogP contribution in [0.4, 0.5) is 0 Å². The topological polar surface area (TPSA) is 33.1 Å². The molecular weight excluding hydrogens is 412 g/mol. The Kier molecular flexibility index (Phi) is 6.75. The van der Waals surface area contributed by atoms with Crippen LogP contribution in [0.25, 0.3) is 22.0 Å². The summed E-state index contributed by atoms with van der Waals surface area (Å²) in [5, 5.41) is 2.07. The van der Waals surface area contributed by atoms with Crippen LogP contribution in [0, 0.1) is 0 Å². The summed E-state index contributed by atoms with van der Waals surface area (Å²) in [7, 11) is 4.07. The number of benzene rings is 2. The van der Waals surface area contributed by atoms with Crippen molar-refractivity contribution in [1.29, 1.82) is 0 Å². The van der Waals surface area contributed by atoms with E-state index in [2.05, 4.69) is 61.2 Å². The molecule has 0 aliphatic heterocycles. The molecule has 4 aromatic rings. The van der Waals surface area contributed by atoms with Crippen LogP contribution in [0.5, 0.6) is 0 Å². The van der Waals surface area contributed by atoms with Crippen LogP contribution in [0.3, 0.4) is 0 Å². The van der Waals surface area contributed by atoms with Crippen LogP contribution >= 0.6 is 23.7 Å². The second kappa shape index (κ2) is 9.67. The zero-order chi connectivity index (χ0) is 20.9. The van der Waals surface area contributed by atoms with Gasteiger partial charge in [0.15, 0.2) is 0 Å². The second-order valence-electron chi connectivity index (χ2n) is 7.43. The van der Waals surface area contributed by atoms with Crippen molar-refractivity contribution in [3.8, 4) is 11.1 Å². The molecule has 0 atom stereocenters. The molecule has 0 unspecified atom stereocenters. The number of rotatable bonds is 8. The molecule has 0 fully saturated rings. The summed E-state index contributed by atoms with van der Waals surface area (Å²) in [6.07, 6.45) is 6.92. The van der Waals surface area contributed by atoms with Crippen molar-refractivity contribution in [1.82, 2.24) is 18.6 Å². The van der Waals surface area contributed by atoms with Crippen LogP contribution in [-0.2, 0) is 13.0 Å². The first kappa shape index (κ1) is 20.9. The van der Waals surface area contributed by atoms with Crippen LogP contribution in [0.15, 0.2) is 73.2 Å². The Morgan fingerprint density at radius 2 is 1.87 bits per heavy atom. The van der Waals surface area contributed by atoms with Crippen molar-refractivity contribution in [3.63, 3.8) is 0 Å². The van der Waals surface area contributed by atoms with Gasteiger partial charge in [-0.15, -0.1) is 0 Å². The molecule has 2 heterocycles. The molecule has 0 aliphatic carbocycles. The van der Waals surface area contributed by atoms with Gasteiger partial charge in [0.25, 0.3) is 0 Å². The summed E-state index contributed by atoms with van der Waals surface area (Å²) in [6, 6.07) is 18.9. The predicted molar refractivity (Wildman–Crippen MR) is 129 cm³/mol. The Balaban J connectivity index is 1.69. The fourth-order valence-electron chi connectivity index (χ4n) is 3.61. The summed E-state index contributed by atoms with van der Waals surface area (Å²) in [4.78, 5) is 4.14. The molecule has 0 spiro atoms. The van der Waals surface area contributed by atoms with Crippen molar-refractivity contribution >= 4 is 34.6 Å². The van der Waals surface area contributed by atoms with E-state index in [4.69, 9.17) is 11.6 Å². The van der Waals surface area contributed by atoms with Crippen LogP contribution in [0.1, 0.15) is 11.1 Å². The van der Waals surface area contributed by atoms with Gasteiger partial charge in [-0.25, -0.2) is 4.31 Å². The predicted octanol–water partition coefficient (Wildman–Crippen LogP) is 5.66. The third kappa shape index (κ3) is 5.05. The standard InChI is InChI=1S/C24H25ClN4S/c1-28(2)30-27-13-10-21-17-29(16-18-4-3-5-22(25)14-18)24-15-20(6-7-23(21)24)19-8-11-26-12-9-19/h3-9,11-12,14-15,17,27H,10,13,16H2,1-2H3. The molecule has 0 radical (unpaired) electrons. The monoisotopic (exact) mass is 436 g/mol. The van der Waals surface area contributed by atoms with Crippen LogP contribution in [0.2, 0.25) is 5.02 Å². The first-order valence-electron chi connectivity index (χ1n) is 9.94. The molecule has 2 aromatic carbocycles. The van der Waals surface area contributed by atoms with E-state index in [0.29, 0.717) is 0 Å². The molecule has 1 N–H and O–H groups in total. The molecule has 0 bridgehead atoms. The quantitative estimate of drug-likeness (QED) is 0.285.